The SMILES string of the molecule is [2H]c1c([2H])c([2H])c2c(-c3cccc4ccccc34)c3c([2H])c([2H])c([2H])c([2H])c3c(Br)c2c1[2H]. The van der Waals surface area contributed by atoms with Gasteiger partial charge in [-0.25, -0.2) is 0 Å². The molecule has 0 unspecified atom stereocenters. The van der Waals surface area contributed by atoms with Gasteiger partial charge in [-0.05, 0) is 59.4 Å². The van der Waals surface area contributed by atoms with Crippen LogP contribution in [0.1, 0.15) is 11.0 Å². The van der Waals surface area contributed by atoms with Crippen molar-refractivity contribution in [3.05, 3.63) is 95.3 Å². The van der Waals surface area contributed by atoms with Crippen LogP contribution >= 0.6 is 15.9 Å². The molecule has 25 heavy (non-hydrogen) atoms. The van der Waals surface area contributed by atoms with Crippen LogP contribution in [-0.4, -0.2) is 0 Å². The van der Waals surface area contributed by atoms with Gasteiger partial charge in [0.2, 0.25) is 0 Å². The highest BCUT2D eigenvalue weighted by Gasteiger charge is 2.14. The molecule has 0 aliphatic heterocycles. The fourth-order valence-corrected chi connectivity index (χ4v) is 3.89. The molecule has 0 aromatic heterocycles. The zero-order chi connectivity index (χ0) is 23.8. The molecule has 1 heteroatoms. The molecule has 0 radical (unpaired) electrons. The summed E-state index contributed by atoms with van der Waals surface area (Å²) in [6, 6.07) is 10.5. The van der Waals surface area contributed by atoms with Gasteiger partial charge >= 0.3 is 0 Å². The summed E-state index contributed by atoms with van der Waals surface area (Å²) in [6.07, 6.45) is 0. The Morgan fingerprint density at radius 1 is 0.600 bits per heavy atom. The Morgan fingerprint density at radius 2 is 1.16 bits per heavy atom. The van der Waals surface area contributed by atoms with Crippen LogP contribution in [0, 0.1) is 0 Å². The lowest BCUT2D eigenvalue weighted by Crippen LogP contribution is -1.88. The van der Waals surface area contributed by atoms with Crippen molar-refractivity contribution in [1.29, 1.82) is 0 Å². The summed E-state index contributed by atoms with van der Waals surface area (Å²) in [5.41, 5.74) is 0.990. The van der Waals surface area contributed by atoms with Crippen molar-refractivity contribution in [2.24, 2.45) is 0 Å². The summed E-state index contributed by atoms with van der Waals surface area (Å²) >= 11 is 3.43. The molecule has 0 nitrogen and oxygen atoms in total. The molecule has 5 aromatic rings. The summed E-state index contributed by atoms with van der Waals surface area (Å²) in [5.74, 6) is 0. The quantitative estimate of drug-likeness (QED) is 0.258. The van der Waals surface area contributed by atoms with Gasteiger partial charge in [0, 0.05) is 4.47 Å². The first-order chi connectivity index (χ1) is 15.7. The third-order valence-corrected chi connectivity index (χ3v) is 5.17. The normalized spacial score (nSPS) is 15.9. The van der Waals surface area contributed by atoms with Crippen LogP contribution in [0.5, 0.6) is 0 Å². The lowest BCUT2D eigenvalue weighted by Gasteiger charge is -2.16. The van der Waals surface area contributed by atoms with Gasteiger partial charge in [0.1, 0.15) is 0 Å². The second-order valence-electron chi connectivity index (χ2n) is 5.72. The highest BCUT2D eigenvalue weighted by molar-refractivity contribution is 9.10. The number of halogens is 1. The van der Waals surface area contributed by atoms with Crippen LogP contribution in [0.15, 0.2) is 95.3 Å². The van der Waals surface area contributed by atoms with Crippen LogP contribution in [0.2, 0.25) is 0 Å². The van der Waals surface area contributed by atoms with Gasteiger partial charge in [-0.1, -0.05) is 90.8 Å². The van der Waals surface area contributed by atoms with E-state index in [1.165, 1.54) is 0 Å². The number of benzene rings is 5. The first-order valence-electron chi connectivity index (χ1n) is 11.8. The van der Waals surface area contributed by atoms with E-state index in [0.717, 1.165) is 10.8 Å². The van der Waals surface area contributed by atoms with E-state index < -0.39 is 24.2 Å². The molecule has 0 saturated heterocycles. The zero-order valence-electron chi connectivity index (χ0n) is 20.9. The number of fused-ring (bicyclic) bond motifs is 3. The molecule has 0 heterocycles. The molecule has 0 bridgehead atoms. The lowest BCUT2D eigenvalue weighted by atomic mass is 9.89. The Morgan fingerprint density at radius 3 is 1.84 bits per heavy atom. The number of hydrogen-bond donors (Lipinski definition) is 0. The molecule has 118 valence electrons. The number of hydrogen-bond acceptors (Lipinski definition) is 0. The largest absolute Gasteiger partial charge is 0.0630 e. The van der Waals surface area contributed by atoms with Gasteiger partial charge in [0.25, 0.3) is 0 Å². The van der Waals surface area contributed by atoms with E-state index in [-0.39, 0.29) is 50.2 Å². The van der Waals surface area contributed by atoms with E-state index in [1.54, 1.807) is 0 Å². The second kappa shape index (κ2) is 5.72. The Bertz CT molecular complexity index is 1570. The van der Waals surface area contributed by atoms with E-state index in [0.29, 0.717) is 11.1 Å². The van der Waals surface area contributed by atoms with Crippen molar-refractivity contribution in [1.82, 2.24) is 0 Å². The Hall–Kier alpha value is -2.64. The molecule has 0 atom stereocenters. The van der Waals surface area contributed by atoms with Crippen LogP contribution in [0.4, 0.5) is 0 Å². The van der Waals surface area contributed by atoms with Gasteiger partial charge in [-0.3, -0.25) is 0 Å². The third-order valence-electron chi connectivity index (χ3n) is 4.37. The minimum absolute atomic E-state index is 0.182. The van der Waals surface area contributed by atoms with E-state index in [4.69, 9.17) is 11.0 Å². The van der Waals surface area contributed by atoms with Crippen molar-refractivity contribution in [2.75, 3.05) is 0 Å². The lowest BCUT2D eigenvalue weighted by molar-refractivity contribution is 1.69. The molecular weight excluding hydrogens is 368 g/mol. The molecule has 0 amide bonds. The van der Waals surface area contributed by atoms with Crippen LogP contribution in [0.3, 0.4) is 0 Å². The standard InChI is InChI=1S/C24H15Br/c25-24-21-13-5-3-11-19(21)23(20-12-4-6-14-22(20)24)18-15-7-9-16-8-1-2-10-17(16)18/h1-15H/i3D,4D,5D,6D,11D,12D,13D,14D. The van der Waals surface area contributed by atoms with Crippen LogP contribution in [0.25, 0.3) is 43.4 Å². The van der Waals surface area contributed by atoms with Gasteiger partial charge in [-0.2, -0.15) is 0 Å². The Balaban J connectivity index is 2.23. The summed E-state index contributed by atoms with van der Waals surface area (Å²) in [4.78, 5) is 0. The summed E-state index contributed by atoms with van der Waals surface area (Å²) in [5, 5.41) is 2.50. The van der Waals surface area contributed by atoms with E-state index in [2.05, 4.69) is 15.9 Å². The fourth-order valence-electron chi connectivity index (χ4n) is 3.29. The molecule has 0 saturated carbocycles. The Labute approximate surface area is 166 Å². The molecule has 5 aromatic carbocycles. The topological polar surface area (TPSA) is 0 Å². The molecular formula is C24H15Br. The van der Waals surface area contributed by atoms with E-state index in [1.807, 2.05) is 42.5 Å². The van der Waals surface area contributed by atoms with Gasteiger partial charge in [0.15, 0.2) is 0 Å². The minimum atomic E-state index is -0.405. The summed E-state index contributed by atoms with van der Waals surface area (Å²) in [6.45, 7) is 0. The minimum Gasteiger partial charge on any atom is -0.0616 e. The molecule has 0 spiro atoms. The highest BCUT2D eigenvalue weighted by atomic mass is 79.9. The average Bonchev–Trinajstić information content (AvgIpc) is 2.82. The maximum absolute atomic E-state index is 8.71. The van der Waals surface area contributed by atoms with Crippen molar-refractivity contribution in [2.45, 2.75) is 0 Å². The zero-order valence-corrected chi connectivity index (χ0v) is 14.5. The van der Waals surface area contributed by atoms with Crippen LogP contribution in [-0.2, 0) is 0 Å². The molecule has 0 aliphatic carbocycles. The average molecular weight is 391 g/mol. The van der Waals surface area contributed by atoms with Crippen LogP contribution < -0.4 is 0 Å². The predicted octanol–water partition coefficient (Wildman–Crippen LogP) is 7.58. The first-order valence-corrected chi connectivity index (χ1v) is 8.55. The van der Waals surface area contributed by atoms with Crippen molar-refractivity contribution in [3.63, 3.8) is 0 Å². The predicted molar refractivity (Wildman–Crippen MR) is 112 cm³/mol. The molecule has 0 fully saturated rings. The van der Waals surface area contributed by atoms with Crippen molar-refractivity contribution < 1.29 is 11.0 Å². The van der Waals surface area contributed by atoms with Gasteiger partial charge in [-0.15, -0.1) is 0 Å². The molecule has 0 aliphatic rings. The summed E-state index contributed by atoms with van der Waals surface area (Å²) in [7, 11) is 0. The maximum atomic E-state index is 8.71. The summed E-state index contributed by atoms with van der Waals surface area (Å²) < 4.78 is 67.7. The van der Waals surface area contributed by atoms with Crippen molar-refractivity contribution in [3.8, 4) is 11.1 Å². The Kier molecular flexibility index (Phi) is 1.98. The van der Waals surface area contributed by atoms with Gasteiger partial charge in [0.05, 0.1) is 11.0 Å². The third kappa shape index (κ3) is 2.20. The smallest absolute Gasteiger partial charge is 0.0616 e. The number of rotatable bonds is 1. The van der Waals surface area contributed by atoms with Gasteiger partial charge < -0.3 is 0 Å². The monoisotopic (exact) mass is 390 g/mol. The first kappa shape index (κ1) is 8.64. The second-order valence-corrected chi connectivity index (χ2v) is 6.51. The van der Waals surface area contributed by atoms with E-state index in [9.17, 15) is 0 Å². The highest BCUT2D eigenvalue weighted by Crippen LogP contribution is 2.43. The van der Waals surface area contributed by atoms with E-state index >= 15 is 0 Å². The molecule has 0 N–H and O–H groups in total. The fraction of sp³-hybridized carbons (Fsp3) is 0. The maximum Gasteiger partial charge on any atom is 0.0630 e. The van der Waals surface area contributed by atoms with Crippen molar-refractivity contribution >= 4 is 48.2 Å². The molecule has 5 rings (SSSR count).